The van der Waals surface area contributed by atoms with Crippen molar-refractivity contribution in [3.63, 3.8) is 0 Å². The molecule has 148 valence electrons. The summed E-state index contributed by atoms with van der Waals surface area (Å²) in [5, 5.41) is 7.26. The summed E-state index contributed by atoms with van der Waals surface area (Å²) in [6, 6.07) is 2.17. The van der Waals surface area contributed by atoms with Gasteiger partial charge in [0, 0.05) is 6.42 Å². The highest BCUT2D eigenvalue weighted by atomic mass is 35.5. The third-order valence-corrected chi connectivity index (χ3v) is 6.78. The number of amides is 1. The number of primary sulfonamides is 1. The van der Waals surface area contributed by atoms with E-state index in [0.29, 0.717) is 18.3 Å². The van der Waals surface area contributed by atoms with Crippen LogP contribution in [0, 0.1) is 17.8 Å². The molecule has 3 N–H and O–H groups in total. The van der Waals surface area contributed by atoms with Crippen LogP contribution in [0.2, 0.25) is 10.0 Å². The fourth-order valence-corrected chi connectivity index (χ4v) is 5.33. The van der Waals surface area contributed by atoms with Crippen molar-refractivity contribution in [2.75, 3.05) is 11.9 Å². The normalized spacial score (nSPS) is 24.0. The maximum atomic E-state index is 12.0. The Labute approximate surface area is 167 Å². The van der Waals surface area contributed by atoms with E-state index in [1.165, 1.54) is 19.3 Å². The van der Waals surface area contributed by atoms with Crippen LogP contribution in [0.5, 0.6) is 0 Å². The molecule has 2 bridgehead atoms. The Bertz CT molecular complexity index is 851. The molecule has 3 atom stereocenters. The van der Waals surface area contributed by atoms with Crippen LogP contribution in [0.25, 0.3) is 0 Å². The Kier molecular flexibility index (Phi) is 6.00. The maximum Gasteiger partial charge on any atom is 0.306 e. The van der Waals surface area contributed by atoms with E-state index < -0.39 is 28.5 Å². The van der Waals surface area contributed by atoms with Crippen LogP contribution in [0.15, 0.2) is 17.0 Å². The molecule has 0 aromatic heterocycles. The molecule has 1 aromatic rings. The van der Waals surface area contributed by atoms with Crippen molar-refractivity contribution >= 4 is 50.8 Å². The van der Waals surface area contributed by atoms with E-state index in [-0.39, 0.29) is 20.6 Å². The van der Waals surface area contributed by atoms with Gasteiger partial charge in [-0.1, -0.05) is 29.6 Å². The molecule has 2 fully saturated rings. The number of ether oxygens (including phenoxy) is 1. The Morgan fingerprint density at radius 3 is 2.37 bits per heavy atom. The van der Waals surface area contributed by atoms with Gasteiger partial charge in [0.05, 0.1) is 20.6 Å². The van der Waals surface area contributed by atoms with Crippen molar-refractivity contribution in [3.05, 3.63) is 22.2 Å². The van der Waals surface area contributed by atoms with Gasteiger partial charge in [-0.05, 0) is 49.1 Å². The fraction of sp³-hybridized carbons (Fsp3) is 0.529. The number of benzene rings is 1. The zero-order chi connectivity index (χ0) is 19.8. The summed E-state index contributed by atoms with van der Waals surface area (Å²) in [5.74, 6) is 0.675. The van der Waals surface area contributed by atoms with Crippen LogP contribution in [-0.4, -0.2) is 26.9 Å². The number of sulfonamides is 1. The number of hydrogen-bond acceptors (Lipinski definition) is 5. The van der Waals surface area contributed by atoms with Crippen LogP contribution in [0.1, 0.15) is 32.1 Å². The van der Waals surface area contributed by atoms with Gasteiger partial charge in [-0.25, -0.2) is 13.6 Å². The highest BCUT2D eigenvalue weighted by Gasteiger charge is 2.40. The van der Waals surface area contributed by atoms with Gasteiger partial charge in [0.2, 0.25) is 10.0 Å². The molecule has 1 aromatic carbocycles. The number of rotatable bonds is 6. The lowest BCUT2D eigenvalue weighted by Gasteiger charge is -2.20. The van der Waals surface area contributed by atoms with Crippen LogP contribution < -0.4 is 10.5 Å². The first kappa shape index (κ1) is 20.4. The predicted octanol–water partition coefficient (Wildman–Crippen LogP) is 2.95. The zero-order valence-electron chi connectivity index (χ0n) is 14.4. The second kappa shape index (κ2) is 7.95. The first-order valence-electron chi connectivity index (χ1n) is 8.61. The SMILES string of the molecule is NS(=O)(=O)c1cc(Cl)c(NC(=O)COC(=O)C[C@H]2C[C@H]3CC[C@H]2C3)c(Cl)c1. The van der Waals surface area contributed by atoms with Crippen LogP contribution in [0.3, 0.4) is 0 Å². The number of nitrogens with one attached hydrogen (secondary N) is 1. The molecular weight excluding hydrogens is 415 g/mol. The Morgan fingerprint density at radius 2 is 1.85 bits per heavy atom. The Morgan fingerprint density at radius 1 is 1.19 bits per heavy atom. The van der Waals surface area contributed by atoms with Gasteiger partial charge in [-0.2, -0.15) is 0 Å². The molecule has 0 saturated heterocycles. The van der Waals surface area contributed by atoms with Gasteiger partial charge >= 0.3 is 5.97 Å². The lowest BCUT2D eigenvalue weighted by Crippen LogP contribution is -2.23. The molecule has 2 saturated carbocycles. The van der Waals surface area contributed by atoms with Crippen molar-refractivity contribution in [1.82, 2.24) is 0 Å². The molecule has 0 heterocycles. The molecule has 2 aliphatic rings. The Balaban J connectivity index is 1.52. The van der Waals surface area contributed by atoms with Gasteiger partial charge in [0.15, 0.2) is 6.61 Å². The number of esters is 1. The minimum atomic E-state index is -3.98. The molecule has 10 heteroatoms. The van der Waals surface area contributed by atoms with E-state index in [9.17, 15) is 18.0 Å². The third-order valence-electron chi connectivity index (χ3n) is 5.29. The average molecular weight is 435 g/mol. The molecule has 0 radical (unpaired) electrons. The van der Waals surface area contributed by atoms with Crippen molar-refractivity contribution in [3.8, 4) is 0 Å². The van der Waals surface area contributed by atoms with Crippen molar-refractivity contribution in [2.24, 2.45) is 22.9 Å². The van der Waals surface area contributed by atoms with E-state index in [1.54, 1.807) is 0 Å². The van der Waals surface area contributed by atoms with E-state index in [0.717, 1.165) is 24.5 Å². The predicted molar refractivity (Wildman–Crippen MR) is 101 cm³/mol. The second-order valence-corrected chi connectivity index (χ2v) is 9.53. The summed E-state index contributed by atoms with van der Waals surface area (Å²) >= 11 is 11.9. The van der Waals surface area contributed by atoms with Gasteiger partial charge in [-0.3, -0.25) is 9.59 Å². The summed E-state index contributed by atoms with van der Waals surface area (Å²) in [6.45, 7) is -0.469. The fourth-order valence-electron chi connectivity index (χ4n) is 4.05. The van der Waals surface area contributed by atoms with Crippen LogP contribution in [-0.2, 0) is 24.3 Å². The minimum Gasteiger partial charge on any atom is -0.456 e. The van der Waals surface area contributed by atoms with E-state index in [2.05, 4.69) is 5.32 Å². The number of fused-ring (bicyclic) bond motifs is 2. The monoisotopic (exact) mass is 434 g/mol. The first-order valence-corrected chi connectivity index (χ1v) is 10.9. The summed E-state index contributed by atoms with van der Waals surface area (Å²) in [4.78, 5) is 23.7. The Hall–Kier alpha value is -1.35. The van der Waals surface area contributed by atoms with Crippen molar-refractivity contribution in [2.45, 2.75) is 37.0 Å². The lowest BCUT2D eigenvalue weighted by atomic mass is 9.86. The summed E-state index contributed by atoms with van der Waals surface area (Å²) in [7, 11) is -3.98. The number of carbonyl (C=O) groups excluding carboxylic acids is 2. The molecule has 1 amide bonds. The van der Waals surface area contributed by atoms with Gasteiger partial charge in [-0.15, -0.1) is 0 Å². The maximum absolute atomic E-state index is 12.0. The van der Waals surface area contributed by atoms with Crippen molar-refractivity contribution < 1.29 is 22.7 Å². The molecule has 0 unspecified atom stereocenters. The number of carbonyl (C=O) groups is 2. The number of halogens is 2. The van der Waals surface area contributed by atoms with Crippen molar-refractivity contribution in [1.29, 1.82) is 0 Å². The standard InChI is InChI=1S/C17H20Cl2N2O5S/c18-13-6-12(27(20,24)25)7-14(19)17(13)21-15(22)8-26-16(23)5-11-4-9-1-2-10(11)3-9/h6-7,9-11H,1-5,8H2,(H,21,22)(H2,20,24,25)/t9-,10-,11+/m0/s1. The highest BCUT2D eigenvalue weighted by Crippen LogP contribution is 2.49. The van der Waals surface area contributed by atoms with Gasteiger partial charge in [0.1, 0.15) is 0 Å². The minimum absolute atomic E-state index is 0.0277. The number of anilines is 1. The molecule has 0 spiro atoms. The second-order valence-electron chi connectivity index (χ2n) is 7.15. The van der Waals surface area contributed by atoms with E-state index in [4.69, 9.17) is 33.1 Å². The largest absolute Gasteiger partial charge is 0.456 e. The molecule has 2 aliphatic carbocycles. The summed E-state index contributed by atoms with van der Waals surface area (Å²) in [6.07, 6.45) is 5.02. The van der Waals surface area contributed by atoms with Gasteiger partial charge in [0.25, 0.3) is 5.91 Å². The van der Waals surface area contributed by atoms with Crippen LogP contribution in [0.4, 0.5) is 5.69 Å². The third kappa shape index (κ3) is 4.93. The molecule has 27 heavy (non-hydrogen) atoms. The number of hydrogen-bond donors (Lipinski definition) is 2. The molecule has 0 aliphatic heterocycles. The zero-order valence-corrected chi connectivity index (χ0v) is 16.7. The average Bonchev–Trinajstić information content (AvgIpc) is 3.18. The van der Waals surface area contributed by atoms with E-state index >= 15 is 0 Å². The lowest BCUT2D eigenvalue weighted by molar-refractivity contribution is -0.148. The molecule has 7 nitrogen and oxygen atoms in total. The summed E-state index contributed by atoms with van der Waals surface area (Å²) in [5.41, 5.74) is 0.0277. The highest BCUT2D eigenvalue weighted by molar-refractivity contribution is 7.89. The number of nitrogens with two attached hydrogens (primary N) is 1. The van der Waals surface area contributed by atoms with Gasteiger partial charge < -0.3 is 10.1 Å². The first-order chi connectivity index (χ1) is 12.6. The molecule has 3 rings (SSSR count). The smallest absolute Gasteiger partial charge is 0.306 e. The summed E-state index contributed by atoms with van der Waals surface area (Å²) < 4.78 is 27.8. The quantitative estimate of drug-likeness (QED) is 0.667. The topological polar surface area (TPSA) is 116 Å². The van der Waals surface area contributed by atoms with Crippen LogP contribution >= 0.6 is 23.2 Å². The molecular formula is C17H20Cl2N2O5S. The van der Waals surface area contributed by atoms with E-state index in [1.807, 2.05) is 0 Å².